The highest BCUT2D eigenvalue weighted by atomic mass is 16.5. The fraction of sp³-hybridized carbons (Fsp3) is 0.857. The second kappa shape index (κ2) is 5.49. The molecule has 0 bridgehead atoms. The molecule has 0 aromatic carbocycles. The maximum atomic E-state index is 12.7. The van der Waals surface area contributed by atoms with Crippen LogP contribution >= 0.6 is 0 Å². The number of carbonyl (C=O) groups excluding carboxylic acids is 2. The van der Waals surface area contributed by atoms with E-state index in [0.29, 0.717) is 12.5 Å². The summed E-state index contributed by atoms with van der Waals surface area (Å²) in [5.74, 6) is 0.313. The van der Waals surface area contributed by atoms with Crippen LogP contribution in [0, 0.1) is 5.92 Å². The van der Waals surface area contributed by atoms with Crippen LogP contribution in [0.15, 0.2) is 0 Å². The Morgan fingerprint density at radius 3 is 2.68 bits per heavy atom. The van der Waals surface area contributed by atoms with E-state index in [-0.39, 0.29) is 24.4 Å². The summed E-state index contributed by atoms with van der Waals surface area (Å²) in [6, 6.07) is 0.00613. The van der Waals surface area contributed by atoms with Crippen LogP contribution in [-0.2, 0) is 14.3 Å². The van der Waals surface area contributed by atoms with Crippen LogP contribution in [0.1, 0.15) is 39.5 Å². The highest BCUT2D eigenvalue weighted by molar-refractivity contribution is 5.98. The van der Waals surface area contributed by atoms with E-state index in [1.54, 1.807) is 12.0 Å². The van der Waals surface area contributed by atoms with E-state index in [0.717, 1.165) is 25.7 Å². The summed E-state index contributed by atoms with van der Waals surface area (Å²) in [6.45, 7) is 4.60. The molecule has 2 rings (SSSR count). The van der Waals surface area contributed by atoms with E-state index in [9.17, 15) is 9.59 Å². The standard InChI is InChI=1S/C14H24N2O3/c1-4-5-11(9-19-3)16-8-12(17)15-14(2,13(16)18)10-6-7-10/h10-11H,4-9H2,1-3H3,(H,15,17). The van der Waals surface area contributed by atoms with E-state index in [1.165, 1.54) is 0 Å². The van der Waals surface area contributed by atoms with Gasteiger partial charge in [-0.15, -0.1) is 0 Å². The summed E-state index contributed by atoms with van der Waals surface area (Å²) >= 11 is 0. The van der Waals surface area contributed by atoms with Gasteiger partial charge in [0, 0.05) is 7.11 Å². The first-order valence-electron chi connectivity index (χ1n) is 7.14. The van der Waals surface area contributed by atoms with Gasteiger partial charge >= 0.3 is 0 Å². The molecule has 1 aliphatic carbocycles. The zero-order valence-electron chi connectivity index (χ0n) is 12.1. The Morgan fingerprint density at radius 2 is 2.16 bits per heavy atom. The van der Waals surface area contributed by atoms with Crippen molar-refractivity contribution in [1.29, 1.82) is 0 Å². The fourth-order valence-electron chi connectivity index (χ4n) is 2.99. The zero-order chi connectivity index (χ0) is 14.0. The monoisotopic (exact) mass is 268 g/mol. The van der Waals surface area contributed by atoms with Gasteiger partial charge in [-0.05, 0) is 32.1 Å². The quantitative estimate of drug-likeness (QED) is 0.779. The maximum absolute atomic E-state index is 12.7. The van der Waals surface area contributed by atoms with Gasteiger partial charge in [-0.2, -0.15) is 0 Å². The molecule has 0 spiro atoms. The van der Waals surface area contributed by atoms with Crippen molar-refractivity contribution in [3.8, 4) is 0 Å². The minimum atomic E-state index is -0.699. The van der Waals surface area contributed by atoms with Gasteiger partial charge in [0.2, 0.25) is 11.8 Å². The van der Waals surface area contributed by atoms with Gasteiger partial charge in [0.25, 0.3) is 0 Å². The number of nitrogens with one attached hydrogen (secondary N) is 1. The molecule has 2 aliphatic rings. The van der Waals surface area contributed by atoms with Gasteiger partial charge in [0.15, 0.2) is 0 Å². The van der Waals surface area contributed by atoms with Crippen molar-refractivity contribution in [1.82, 2.24) is 10.2 Å². The van der Waals surface area contributed by atoms with Crippen molar-refractivity contribution in [2.45, 2.75) is 51.1 Å². The number of amides is 2. The summed E-state index contributed by atoms with van der Waals surface area (Å²) in [5.41, 5.74) is -0.699. The molecule has 2 unspecified atom stereocenters. The Morgan fingerprint density at radius 1 is 1.47 bits per heavy atom. The second-order valence-corrected chi connectivity index (χ2v) is 5.86. The fourth-order valence-corrected chi connectivity index (χ4v) is 2.99. The minimum Gasteiger partial charge on any atom is -0.383 e. The first-order chi connectivity index (χ1) is 9.02. The molecule has 0 aromatic rings. The predicted octanol–water partition coefficient (Wildman–Crippen LogP) is 0.929. The smallest absolute Gasteiger partial charge is 0.249 e. The third-order valence-corrected chi connectivity index (χ3v) is 4.23. The first-order valence-corrected chi connectivity index (χ1v) is 7.14. The van der Waals surface area contributed by atoms with Crippen LogP contribution in [0.3, 0.4) is 0 Å². The average Bonchev–Trinajstić information content (AvgIpc) is 3.18. The van der Waals surface area contributed by atoms with Crippen molar-refractivity contribution in [3.63, 3.8) is 0 Å². The molecule has 19 heavy (non-hydrogen) atoms. The van der Waals surface area contributed by atoms with Crippen molar-refractivity contribution >= 4 is 11.8 Å². The summed E-state index contributed by atoms with van der Waals surface area (Å²) in [4.78, 5) is 26.4. The minimum absolute atomic E-state index is 0.00613. The molecule has 1 saturated heterocycles. The maximum Gasteiger partial charge on any atom is 0.249 e. The lowest BCUT2D eigenvalue weighted by Crippen LogP contribution is -2.68. The normalized spacial score (nSPS) is 29.3. The summed E-state index contributed by atoms with van der Waals surface area (Å²) < 4.78 is 5.21. The molecule has 0 aromatic heterocycles. The third-order valence-electron chi connectivity index (χ3n) is 4.23. The van der Waals surface area contributed by atoms with Crippen LogP contribution in [0.25, 0.3) is 0 Å². The molecule has 1 aliphatic heterocycles. The lowest BCUT2D eigenvalue weighted by atomic mass is 9.90. The van der Waals surface area contributed by atoms with Gasteiger partial charge in [-0.25, -0.2) is 0 Å². The van der Waals surface area contributed by atoms with Gasteiger partial charge < -0.3 is 15.0 Å². The second-order valence-electron chi connectivity index (χ2n) is 5.86. The Labute approximate surface area is 114 Å². The summed E-state index contributed by atoms with van der Waals surface area (Å²) in [5, 5.41) is 2.90. The topological polar surface area (TPSA) is 58.6 Å². The number of methoxy groups -OCH3 is 1. The molecule has 1 heterocycles. The predicted molar refractivity (Wildman–Crippen MR) is 71.6 cm³/mol. The highest BCUT2D eigenvalue weighted by Crippen LogP contribution is 2.41. The van der Waals surface area contributed by atoms with E-state index in [4.69, 9.17) is 4.74 Å². The Balaban J connectivity index is 2.17. The van der Waals surface area contributed by atoms with Crippen LogP contribution in [0.2, 0.25) is 0 Å². The molecule has 2 atom stereocenters. The molecule has 2 fully saturated rings. The number of hydrogen-bond acceptors (Lipinski definition) is 3. The molecular formula is C14H24N2O3. The molecule has 5 heteroatoms. The van der Waals surface area contributed by atoms with Gasteiger partial charge in [-0.3, -0.25) is 9.59 Å². The van der Waals surface area contributed by atoms with Crippen LogP contribution in [0.4, 0.5) is 0 Å². The van der Waals surface area contributed by atoms with Crippen molar-refractivity contribution in [2.75, 3.05) is 20.3 Å². The Bertz CT molecular complexity index is 362. The van der Waals surface area contributed by atoms with E-state index in [1.807, 2.05) is 6.92 Å². The molecule has 1 N–H and O–H groups in total. The molecule has 108 valence electrons. The third kappa shape index (κ3) is 2.76. The molecular weight excluding hydrogens is 244 g/mol. The lowest BCUT2D eigenvalue weighted by molar-refractivity contribution is -0.154. The lowest BCUT2D eigenvalue weighted by Gasteiger charge is -2.43. The van der Waals surface area contributed by atoms with Crippen molar-refractivity contribution in [3.05, 3.63) is 0 Å². The molecule has 1 saturated carbocycles. The number of nitrogens with zero attached hydrogens (tertiary/aromatic N) is 1. The number of ether oxygens (including phenoxy) is 1. The molecule has 5 nitrogen and oxygen atoms in total. The molecule has 2 amide bonds. The van der Waals surface area contributed by atoms with Crippen molar-refractivity contribution < 1.29 is 14.3 Å². The van der Waals surface area contributed by atoms with E-state index < -0.39 is 5.54 Å². The number of hydrogen-bond donors (Lipinski definition) is 1. The van der Waals surface area contributed by atoms with Crippen LogP contribution in [-0.4, -0.2) is 48.6 Å². The highest BCUT2D eigenvalue weighted by Gasteiger charge is 2.53. The Hall–Kier alpha value is -1.10. The number of carbonyl (C=O) groups is 2. The van der Waals surface area contributed by atoms with Gasteiger partial charge in [0.1, 0.15) is 12.1 Å². The van der Waals surface area contributed by atoms with Gasteiger partial charge in [-0.1, -0.05) is 13.3 Å². The summed E-state index contributed by atoms with van der Waals surface area (Å²) in [7, 11) is 1.64. The van der Waals surface area contributed by atoms with Gasteiger partial charge in [0.05, 0.1) is 12.6 Å². The zero-order valence-corrected chi connectivity index (χ0v) is 12.1. The van der Waals surface area contributed by atoms with Crippen LogP contribution in [0.5, 0.6) is 0 Å². The van der Waals surface area contributed by atoms with E-state index in [2.05, 4.69) is 12.2 Å². The average molecular weight is 268 g/mol. The Kier molecular flexibility index (Phi) is 4.13. The first kappa shape index (κ1) is 14.3. The van der Waals surface area contributed by atoms with Crippen LogP contribution < -0.4 is 5.32 Å². The van der Waals surface area contributed by atoms with Crippen molar-refractivity contribution in [2.24, 2.45) is 5.92 Å². The number of piperazine rings is 1. The number of rotatable bonds is 6. The van der Waals surface area contributed by atoms with E-state index >= 15 is 0 Å². The largest absolute Gasteiger partial charge is 0.383 e. The summed E-state index contributed by atoms with van der Waals surface area (Å²) in [6.07, 6.45) is 3.89. The molecule has 0 radical (unpaired) electrons. The SMILES string of the molecule is CCCC(COC)N1CC(=O)NC(C)(C2CC2)C1=O.